The van der Waals surface area contributed by atoms with Gasteiger partial charge < -0.3 is 36.4 Å². The lowest BCUT2D eigenvalue weighted by Gasteiger charge is -2.24. The van der Waals surface area contributed by atoms with Crippen LogP contribution in [0.3, 0.4) is 0 Å². The summed E-state index contributed by atoms with van der Waals surface area (Å²) >= 11 is 1.25. The van der Waals surface area contributed by atoms with Gasteiger partial charge in [-0.3, -0.25) is 24.0 Å². The average molecular weight is 616 g/mol. The number of nitrogens with one attached hydrogen (secondary N) is 6. The third-order valence-corrected chi connectivity index (χ3v) is 8.26. The summed E-state index contributed by atoms with van der Waals surface area (Å²) in [6.45, 7) is 2.66. The number of benzene rings is 1. The topological polar surface area (TPSA) is 208 Å². The Labute approximate surface area is 252 Å². The molecule has 1 aliphatic heterocycles. The molecule has 0 unspecified atom stereocenters. The van der Waals surface area contributed by atoms with E-state index in [9.17, 15) is 33.7 Å². The number of aldehydes is 1. The van der Waals surface area contributed by atoms with Crippen molar-refractivity contribution in [2.24, 2.45) is 11.1 Å². The fourth-order valence-corrected chi connectivity index (χ4v) is 5.64. The van der Waals surface area contributed by atoms with Crippen LogP contribution in [-0.4, -0.2) is 84.3 Å². The third-order valence-electron chi connectivity index (χ3n) is 7.13. The number of nitroso groups, excluding NO2 is 1. The number of carbonyl (C=O) groups excluding carboxylic acids is 6. The second kappa shape index (κ2) is 16.4. The van der Waals surface area contributed by atoms with E-state index in [1.165, 1.54) is 11.8 Å². The number of rotatable bonds is 8. The van der Waals surface area contributed by atoms with Crippen LogP contribution in [0.4, 0.5) is 0 Å². The SMILES string of the molecule is CC[C@H](C)[C@@H]1NC(=O)CNC(=O)CCc2c([nH]c3ccccc23)SC[C@@H](C(=O)N[C@H](C=O)CCN=O)NC(=O)CNC1=O. The van der Waals surface area contributed by atoms with Crippen molar-refractivity contribution in [3.05, 3.63) is 34.7 Å². The Morgan fingerprint density at radius 1 is 1.07 bits per heavy atom. The highest BCUT2D eigenvalue weighted by molar-refractivity contribution is 7.99. The average Bonchev–Trinajstić information content (AvgIpc) is 3.36. The zero-order chi connectivity index (χ0) is 31.4. The van der Waals surface area contributed by atoms with Gasteiger partial charge in [-0.2, -0.15) is 4.91 Å². The molecule has 0 bridgehead atoms. The van der Waals surface area contributed by atoms with E-state index in [1.807, 2.05) is 31.2 Å². The number of hydrogen-bond acceptors (Lipinski definition) is 9. The molecule has 15 heteroatoms. The smallest absolute Gasteiger partial charge is 0.244 e. The highest BCUT2D eigenvalue weighted by Crippen LogP contribution is 2.31. The molecule has 0 aliphatic carbocycles. The predicted octanol–water partition coefficient (Wildman–Crippen LogP) is 0.295. The molecule has 1 aromatic heterocycles. The van der Waals surface area contributed by atoms with Crippen molar-refractivity contribution < 1.29 is 28.8 Å². The van der Waals surface area contributed by atoms with Crippen LogP contribution >= 0.6 is 11.8 Å². The maximum Gasteiger partial charge on any atom is 0.244 e. The Balaban J connectivity index is 1.91. The lowest BCUT2D eigenvalue weighted by molar-refractivity contribution is -0.132. The van der Waals surface area contributed by atoms with Gasteiger partial charge in [0.1, 0.15) is 18.4 Å². The first-order valence-electron chi connectivity index (χ1n) is 14.1. The van der Waals surface area contributed by atoms with Crippen molar-refractivity contribution in [3.63, 3.8) is 0 Å². The number of thioether (sulfide) groups is 1. The first-order valence-corrected chi connectivity index (χ1v) is 15.1. The Bertz CT molecular complexity index is 1350. The zero-order valence-corrected chi connectivity index (χ0v) is 24.9. The normalized spacial score (nSPS) is 20.6. The molecule has 2 aromatic rings. The molecule has 1 aliphatic rings. The second-order valence-electron chi connectivity index (χ2n) is 10.2. The quantitative estimate of drug-likeness (QED) is 0.179. The van der Waals surface area contributed by atoms with Crippen molar-refractivity contribution in [1.82, 2.24) is 31.6 Å². The lowest BCUT2D eigenvalue weighted by atomic mass is 9.98. The molecule has 0 spiro atoms. The zero-order valence-electron chi connectivity index (χ0n) is 24.1. The summed E-state index contributed by atoms with van der Waals surface area (Å²) in [5.74, 6) is -3.04. The molecule has 1 aromatic carbocycles. The minimum Gasteiger partial charge on any atom is -0.349 e. The number of fused-ring (bicyclic) bond motifs is 3. The highest BCUT2D eigenvalue weighted by atomic mass is 32.2. The summed E-state index contributed by atoms with van der Waals surface area (Å²) < 4.78 is 0. The Hall–Kier alpha value is -4.27. The summed E-state index contributed by atoms with van der Waals surface area (Å²) in [7, 11) is 0. The van der Waals surface area contributed by atoms with Crippen molar-refractivity contribution in [3.8, 4) is 0 Å². The van der Waals surface area contributed by atoms with Crippen LogP contribution in [0, 0.1) is 10.8 Å². The van der Waals surface area contributed by atoms with Gasteiger partial charge in [-0.15, -0.1) is 11.8 Å². The van der Waals surface area contributed by atoms with E-state index in [-0.39, 0.29) is 43.5 Å². The molecular formula is C28H37N7O7S. The second-order valence-corrected chi connectivity index (χ2v) is 11.3. The van der Waals surface area contributed by atoms with E-state index in [1.54, 1.807) is 6.92 Å². The Morgan fingerprint density at radius 2 is 1.79 bits per heavy atom. The van der Waals surface area contributed by atoms with Gasteiger partial charge in [0.15, 0.2) is 0 Å². The highest BCUT2D eigenvalue weighted by Gasteiger charge is 2.28. The number of carbonyl (C=O) groups is 6. The van der Waals surface area contributed by atoms with Crippen molar-refractivity contribution in [2.75, 3.05) is 25.4 Å². The standard InChI is InChI=1S/C28H37N7O7S/c1-3-16(2)25-27(41)30-13-23(38)33-21(26(40)32-17(14-36)10-11-31-42)15-43-28-19(18-6-4-5-7-20(18)34-28)8-9-22(37)29-12-24(39)35-25/h4-7,14,16-17,21,25,34H,3,8-13,15H2,1-2H3,(H,29,37)(H,30,41)(H,32,40)(H,33,38)(H,35,39)/t16-,17-,21-,25-/m0/s1. The number of aromatic nitrogens is 1. The van der Waals surface area contributed by atoms with Crippen molar-refractivity contribution in [2.45, 2.75) is 62.7 Å². The molecular weight excluding hydrogens is 578 g/mol. The van der Waals surface area contributed by atoms with Crippen LogP contribution in [0.15, 0.2) is 34.5 Å². The van der Waals surface area contributed by atoms with Gasteiger partial charge in [0.2, 0.25) is 29.5 Å². The molecule has 232 valence electrons. The first kappa shape index (κ1) is 33.2. The molecule has 3 rings (SSSR count). The van der Waals surface area contributed by atoms with Gasteiger partial charge in [-0.05, 0) is 30.4 Å². The molecule has 14 nitrogen and oxygen atoms in total. The molecule has 0 saturated heterocycles. The van der Waals surface area contributed by atoms with Gasteiger partial charge in [0, 0.05) is 23.1 Å². The summed E-state index contributed by atoms with van der Waals surface area (Å²) in [5.41, 5.74) is 1.65. The van der Waals surface area contributed by atoms with Crippen LogP contribution in [-0.2, 0) is 35.2 Å². The molecule has 0 radical (unpaired) electrons. The van der Waals surface area contributed by atoms with Gasteiger partial charge >= 0.3 is 0 Å². The Kier molecular flexibility index (Phi) is 12.7. The molecule has 6 N–H and O–H groups in total. The number of hydrogen-bond donors (Lipinski definition) is 6. The molecule has 43 heavy (non-hydrogen) atoms. The van der Waals surface area contributed by atoms with E-state index < -0.39 is 48.3 Å². The van der Waals surface area contributed by atoms with Crippen LogP contribution in [0.2, 0.25) is 0 Å². The van der Waals surface area contributed by atoms with E-state index in [4.69, 9.17) is 0 Å². The summed E-state index contributed by atoms with van der Waals surface area (Å²) in [4.78, 5) is 89.6. The number of aromatic amines is 1. The fraction of sp³-hybridized carbons (Fsp3) is 0.500. The summed E-state index contributed by atoms with van der Waals surface area (Å²) in [6, 6.07) is 4.43. The molecule has 0 saturated carbocycles. The number of H-pyrrole nitrogens is 1. The predicted molar refractivity (Wildman–Crippen MR) is 160 cm³/mol. The van der Waals surface area contributed by atoms with Crippen molar-refractivity contribution >= 4 is 58.5 Å². The Morgan fingerprint density at radius 3 is 2.51 bits per heavy atom. The van der Waals surface area contributed by atoms with Crippen LogP contribution in [0.1, 0.15) is 38.7 Å². The van der Waals surface area contributed by atoms with E-state index in [2.05, 4.69) is 36.7 Å². The van der Waals surface area contributed by atoms with Gasteiger partial charge in [0.05, 0.1) is 30.7 Å². The summed E-state index contributed by atoms with van der Waals surface area (Å²) in [6.07, 6.45) is 1.45. The van der Waals surface area contributed by atoms with E-state index >= 15 is 0 Å². The number of aryl methyl sites for hydroxylation is 1. The lowest BCUT2D eigenvalue weighted by Crippen LogP contribution is -2.55. The minimum absolute atomic E-state index is 0.000438. The van der Waals surface area contributed by atoms with Gasteiger partial charge in [-0.25, -0.2) is 0 Å². The van der Waals surface area contributed by atoms with E-state index in [0.717, 1.165) is 16.5 Å². The minimum atomic E-state index is -1.13. The van der Waals surface area contributed by atoms with Crippen LogP contribution < -0.4 is 26.6 Å². The molecule has 0 fully saturated rings. The molecule has 2 heterocycles. The van der Waals surface area contributed by atoms with E-state index in [0.29, 0.717) is 24.2 Å². The monoisotopic (exact) mass is 615 g/mol. The number of amides is 5. The number of para-hydroxylation sites is 1. The first-order chi connectivity index (χ1) is 20.7. The van der Waals surface area contributed by atoms with Gasteiger partial charge in [-0.1, -0.05) is 43.6 Å². The summed E-state index contributed by atoms with van der Waals surface area (Å²) in [5, 5.41) is 17.2. The third kappa shape index (κ3) is 9.63. The van der Waals surface area contributed by atoms with Crippen molar-refractivity contribution in [1.29, 1.82) is 0 Å². The van der Waals surface area contributed by atoms with Gasteiger partial charge in [0.25, 0.3) is 0 Å². The maximum atomic E-state index is 13.2. The molecule has 5 amide bonds. The largest absolute Gasteiger partial charge is 0.349 e. The van der Waals surface area contributed by atoms with Crippen LogP contribution in [0.25, 0.3) is 10.9 Å². The number of nitrogens with zero attached hydrogens (tertiary/aromatic N) is 1. The van der Waals surface area contributed by atoms with Crippen LogP contribution in [0.5, 0.6) is 0 Å². The molecule has 4 atom stereocenters. The maximum absolute atomic E-state index is 13.2. The fourth-order valence-electron chi connectivity index (χ4n) is 4.50.